The molecule has 50 valence electrons. The number of hydrogen-bond acceptors (Lipinski definition) is 1. The first-order valence-corrected chi connectivity index (χ1v) is 2.74. The number of nitrogens with one attached hydrogen (secondary N) is 1. The van der Waals surface area contributed by atoms with Crippen molar-refractivity contribution in [3.8, 4) is 12.3 Å². The van der Waals surface area contributed by atoms with E-state index in [1.807, 2.05) is 0 Å². The van der Waals surface area contributed by atoms with Crippen molar-refractivity contribution in [3.63, 3.8) is 0 Å². The third-order valence-corrected chi connectivity index (χ3v) is 0.849. The minimum absolute atomic E-state index is 0.0991. The Morgan fingerprint density at radius 3 is 2.22 bits per heavy atom. The molecule has 0 spiro atoms. The number of hydrogen-bond donors (Lipinski definition) is 1. The van der Waals surface area contributed by atoms with Crippen LogP contribution in [-0.4, -0.2) is 11.4 Å². The van der Waals surface area contributed by atoms with Gasteiger partial charge in [0.25, 0.3) is 0 Å². The Morgan fingerprint density at radius 1 is 1.67 bits per heavy atom. The molecule has 0 bridgehead atoms. The molecule has 0 fully saturated rings. The summed E-state index contributed by atoms with van der Waals surface area (Å²) in [5.74, 6) is 2.34. The van der Waals surface area contributed by atoms with Gasteiger partial charge in [-0.25, -0.2) is 0 Å². The molecule has 9 heavy (non-hydrogen) atoms. The van der Waals surface area contributed by atoms with E-state index in [2.05, 4.69) is 11.2 Å². The van der Waals surface area contributed by atoms with Crippen LogP contribution >= 0.6 is 0 Å². The van der Waals surface area contributed by atoms with Crippen LogP contribution < -0.4 is 5.32 Å². The van der Waals surface area contributed by atoms with Crippen molar-refractivity contribution >= 4 is 5.91 Å². The van der Waals surface area contributed by atoms with Gasteiger partial charge in [-0.1, -0.05) is 5.92 Å². The highest BCUT2D eigenvalue weighted by Gasteiger charge is 2.12. The maximum absolute atomic E-state index is 10.4. The fourth-order valence-corrected chi connectivity index (χ4v) is 0.476. The third-order valence-electron chi connectivity index (χ3n) is 0.849. The number of terminal acetylenes is 1. The number of carbonyl (C=O) groups excluding carboxylic acids is 1. The van der Waals surface area contributed by atoms with Gasteiger partial charge in [-0.15, -0.1) is 6.42 Å². The highest BCUT2D eigenvalue weighted by Crippen LogP contribution is 1.96. The normalized spacial score (nSPS) is 10.0. The molecule has 2 heteroatoms. The van der Waals surface area contributed by atoms with Crippen molar-refractivity contribution in [2.45, 2.75) is 26.3 Å². The van der Waals surface area contributed by atoms with E-state index in [1.54, 1.807) is 13.8 Å². The Morgan fingerprint density at radius 2 is 2.11 bits per heavy atom. The number of amides is 1. The molecule has 0 radical (unpaired) electrons. The van der Waals surface area contributed by atoms with Crippen molar-refractivity contribution in [2.75, 3.05) is 0 Å². The van der Waals surface area contributed by atoms with Gasteiger partial charge in [-0.05, 0) is 13.8 Å². The average molecular weight is 125 g/mol. The summed E-state index contributed by atoms with van der Waals surface area (Å²) >= 11 is 0. The van der Waals surface area contributed by atoms with E-state index in [9.17, 15) is 4.79 Å². The van der Waals surface area contributed by atoms with Crippen LogP contribution in [0.2, 0.25) is 0 Å². The quantitative estimate of drug-likeness (QED) is 0.509. The van der Waals surface area contributed by atoms with Gasteiger partial charge in [-0.3, -0.25) is 4.79 Å². The van der Waals surface area contributed by atoms with E-state index in [1.165, 1.54) is 6.92 Å². The Hall–Kier alpha value is -0.970. The van der Waals surface area contributed by atoms with E-state index in [4.69, 9.17) is 6.42 Å². The van der Waals surface area contributed by atoms with Gasteiger partial charge in [0.15, 0.2) is 0 Å². The molecule has 0 aromatic carbocycles. The predicted molar refractivity (Wildman–Crippen MR) is 36.7 cm³/mol. The highest BCUT2D eigenvalue weighted by molar-refractivity contribution is 5.74. The minimum atomic E-state index is -0.508. The fourth-order valence-electron chi connectivity index (χ4n) is 0.476. The Labute approximate surface area is 55.6 Å². The first-order chi connectivity index (χ1) is 3.98. The SMILES string of the molecule is C#CC(C)(C)NC(C)=O. The second-order valence-electron chi connectivity index (χ2n) is 2.45. The molecule has 0 aromatic rings. The minimum Gasteiger partial charge on any atom is -0.341 e. The largest absolute Gasteiger partial charge is 0.341 e. The molecule has 2 nitrogen and oxygen atoms in total. The number of rotatable bonds is 1. The van der Waals surface area contributed by atoms with Crippen molar-refractivity contribution in [1.82, 2.24) is 5.32 Å². The van der Waals surface area contributed by atoms with Gasteiger partial charge >= 0.3 is 0 Å². The molecule has 0 saturated carbocycles. The van der Waals surface area contributed by atoms with Gasteiger partial charge in [-0.2, -0.15) is 0 Å². The van der Waals surface area contributed by atoms with Gasteiger partial charge in [0.1, 0.15) is 0 Å². The lowest BCUT2D eigenvalue weighted by Gasteiger charge is -2.17. The Kier molecular flexibility index (Phi) is 2.27. The lowest BCUT2D eigenvalue weighted by Crippen LogP contribution is -2.40. The molecule has 0 aliphatic rings. The van der Waals surface area contributed by atoms with Crippen LogP contribution in [0.3, 0.4) is 0 Å². The van der Waals surface area contributed by atoms with Crippen LogP contribution in [0.1, 0.15) is 20.8 Å². The van der Waals surface area contributed by atoms with Crippen LogP contribution in [0.15, 0.2) is 0 Å². The summed E-state index contributed by atoms with van der Waals surface area (Å²) in [5.41, 5.74) is -0.508. The molecule has 0 heterocycles. The van der Waals surface area contributed by atoms with Crippen molar-refractivity contribution < 1.29 is 4.79 Å². The molecular weight excluding hydrogens is 114 g/mol. The first-order valence-electron chi connectivity index (χ1n) is 2.74. The maximum Gasteiger partial charge on any atom is 0.218 e. The second kappa shape index (κ2) is 2.54. The average Bonchev–Trinajstić information content (AvgIpc) is 1.63. The summed E-state index contributed by atoms with van der Waals surface area (Å²) < 4.78 is 0. The van der Waals surface area contributed by atoms with Crippen molar-refractivity contribution in [3.05, 3.63) is 0 Å². The maximum atomic E-state index is 10.4. The van der Waals surface area contributed by atoms with Crippen molar-refractivity contribution in [1.29, 1.82) is 0 Å². The van der Waals surface area contributed by atoms with E-state index >= 15 is 0 Å². The standard InChI is InChI=1S/C7H11NO/c1-5-7(3,4)8-6(2)9/h1H,2-4H3,(H,8,9). The molecule has 0 aromatic heterocycles. The molecule has 0 unspecified atom stereocenters. The van der Waals surface area contributed by atoms with Gasteiger partial charge in [0.05, 0.1) is 5.54 Å². The summed E-state index contributed by atoms with van der Waals surface area (Å²) in [7, 11) is 0. The van der Waals surface area contributed by atoms with Crippen molar-refractivity contribution in [2.24, 2.45) is 0 Å². The monoisotopic (exact) mass is 125 g/mol. The van der Waals surface area contributed by atoms with E-state index < -0.39 is 5.54 Å². The molecule has 1 N–H and O–H groups in total. The molecule has 0 aliphatic carbocycles. The lowest BCUT2D eigenvalue weighted by molar-refractivity contribution is -0.119. The van der Waals surface area contributed by atoms with Crippen LogP contribution in [-0.2, 0) is 4.79 Å². The molecule has 0 saturated heterocycles. The van der Waals surface area contributed by atoms with E-state index in [-0.39, 0.29) is 5.91 Å². The third kappa shape index (κ3) is 3.60. The van der Waals surface area contributed by atoms with Crippen LogP contribution in [0.5, 0.6) is 0 Å². The first kappa shape index (κ1) is 8.03. The van der Waals surface area contributed by atoms with Gasteiger partial charge < -0.3 is 5.32 Å². The van der Waals surface area contributed by atoms with Crippen LogP contribution in [0.25, 0.3) is 0 Å². The molecular formula is C7H11NO. The van der Waals surface area contributed by atoms with Gasteiger partial charge in [0.2, 0.25) is 5.91 Å². The number of carbonyl (C=O) groups is 1. The fraction of sp³-hybridized carbons (Fsp3) is 0.571. The highest BCUT2D eigenvalue weighted by atomic mass is 16.1. The summed E-state index contributed by atoms with van der Waals surface area (Å²) in [4.78, 5) is 10.4. The van der Waals surface area contributed by atoms with E-state index in [0.29, 0.717) is 0 Å². The smallest absolute Gasteiger partial charge is 0.218 e. The second-order valence-corrected chi connectivity index (χ2v) is 2.45. The summed E-state index contributed by atoms with van der Waals surface area (Å²) in [6, 6.07) is 0. The zero-order chi connectivity index (χ0) is 7.49. The molecule has 1 amide bonds. The summed E-state index contributed by atoms with van der Waals surface area (Å²) in [5, 5.41) is 2.59. The molecule has 0 aliphatic heterocycles. The Balaban J connectivity index is 3.91. The van der Waals surface area contributed by atoms with Crippen LogP contribution in [0.4, 0.5) is 0 Å². The zero-order valence-corrected chi connectivity index (χ0v) is 5.99. The van der Waals surface area contributed by atoms with E-state index in [0.717, 1.165) is 0 Å². The lowest BCUT2D eigenvalue weighted by atomic mass is 10.1. The molecule has 0 atom stereocenters. The predicted octanol–water partition coefficient (Wildman–Crippen LogP) is 0.534. The molecule has 0 rings (SSSR count). The summed E-state index contributed by atoms with van der Waals surface area (Å²) in [6.45, 7) is 4.99. The summed E-state index contributed by atoms with van der Waals surface area (Å²) in [6.07, 6.45) is 5.09. The Bertz CT molecular complexity index is 153. The topological polar surface area (TPSA) is 29.1 Å². The van der Waals surface area contributed by atoms with Crippen LogP contribution in [0, 0.1) is 12.3 Å². The van der Waals surface area contributed by atoms with Gasteiger partial charge in [0, 0.05) is 6.92 Å². The zero-order valence-electron chi connectivity index (χ0n) is 5.99.